The first-order valence-electron chi connectivity index (χ1n) is 5.40. The van der Waals surface area contributed by atoms with E-state index in [4.69, 9.17) is 11.6 Å². The number of amides is 1. The highest BCUT2D eigenvalue weighted by Crippen LogP contribution is 2.21. The van der Waals surface area contributed by atoms with Crippen LogP contribution in [0.25, 0.3) is 0 Å². The van der Waals surface area contributed by atoms with Gasteiger partial charge in [-0.05, 0) is 36.8 Å². The topological polar surface area (TPSA) is 29.1 Å². The molecule has 0 unspecified atom stereocenters. The zero-order valence-electron chi connectivity index (χ0n) is 9.71. The van der Waals surface area contributed by atoms with Crippen LogP contribution in [0.2, 0.25) is 5.02 Å². The van der Waals surface area contributed by atoms with Crippen molar-refractivity contribution >= 4 is 23.2 Å². The summed E-state index contributed by atoms with van der Waals surface area (Å²) in [6.45, 7) is 1.84. The second-order valence-electron chi connectivity index (χ2n) is 3.89. The molecule has 2 nitrogen and oxygen atoms in total. The lowest BCUT2D eigenvalue weighted by molar-refractivity contribution is 0.102. The van der Waals surface area contributed by atoms with Crippen LogP contribution in [0.1, 0.15) is 15.9 Å². The van der Waals surface area contributed by atoms with Crippen molar-refractivity contribution in [2.45, 2.75) is 6.92 Å². The van der Waals surface area contributed by atoms with E-state index in [1.807, 2.05) is 6.92 Å². The van der Waals surface area contributed by atoms with Gasteiger partial charge >= 0.3 is 0 Å². The molecule has 0 saturated carbocycles. The number of hydrogen-bond donors (Lipinski definition) is 1. The lowest BCUT2D eigenvalue weighted by Crippen LogP contribution is -2.14. The summed E-state index contributed by atoms with van der Waals surface area (Å²) in [5.41, 5.74) is 1.46. The Morgan fingerprint density at radius 1 is 1.22 bits per heavy atom. The van der Waals surface area contributed by atoms with Crippen molar-refractivity contribution in [1.82, 2.24) is 0 Å². The van der Waals surface area contributed by atoms with Crippen LogP contribution in [-0.4, -0.2) is 5.91 Å². The van der Waals surface area contributed by atoms with E-state index in [-0.39, 0.29) is 5.56 Å². The first kappa shape index (κ1) is 12.6. The van der Waals surface area contributed by atoms with E-state index in [9.17, 15) is 9.18 Å². The maximum absolute atomic E-state index is 13.4. The molecule has 4 heteroatoms. The summed E-state index contributed by atoms with van der Waals surface area (Å²) in [5.74, 6) is -1.03. The molecule has 0 aliphatic heterocycles. The number of benzene rings is 2. The molecular formula is C14H11ClFNO. The third-order valence-corrected chi connectivity index (χ3v) is 2.80. The average Bonchev–Trinajstić information content (AvgIpc) is 2.34. The number of aryl methyl sites for hydroxylation is 1. The van der Waals surface area contributed by atoms with Gasteiger partial charge in [0.05, 0.1) is 5.56 Å². The van der Waals surface area contributed by atoms with Crippen LogP contribution in [0, 0.1) is 12.7 Å². The second kappa shape index (κ2) is 5.19. The summed E-state index contributed by atoms with van der Waals surface area (Å²) in [7, 11) is 0. The molecule has 2 rings (SSSR count). The Bertz CT molecular complexity index is 598. The highest BCUT2D eigenvalue weighted by Gasteiger charge is 2.12. The molecule has 0 heterocycles. The van der Waals surface area contributed by atoms with Gasteiger partial charge in [-0.3, -0.25) is 4.79 Å². The average molecular weight is 264 g/mol. The zero-order chi connectivity index (χ0) is 13.1. The molecule has 2 aromatic rings. The molecule has 2 aromatic carbocycles. The lowest BCUT2D eigenvalue weighted by Gasteiger charge is -2.09. The van der Waals surface area contributed by atoms with Gasteiger partial charge in [-0.1, -0.05) is 29.8 Å². The van der Waals surface area contributed by atoms with E-state index in [0.717, 1.165) is 5.56 Å². The summed E-state index contributed by atoms with van der Waals surface area (Å²) in [6.07, 6.45) is 0. The van der Waals surface area contributed by atoms with Gasteiger partial charge in [-0.15, -0.1) is 0 Å². The second-order valence-corrected chi connectivity index (χ2v) is 4.33. The molecule has 18 heavy (non-hydrogen) atoms. The molecule has 0 aliphatic rings. The third kappa shape index (κ3) is 2.68. The Morgan fingerprint density at radius 2 is 1.94 bits per heavy atom. The number of carbonyl (C=O) groups excluding carboxylic acids is 1. The molecule has 1 N–H and O–H groups in total. The fourth-order valence-corrected chi connectivity index (χ4v) is 1.74. The number of halogens is 2. The molecule has 0 bridgehead atoms. The predicted octanol–water partition coefficient (Wildman–Crippen LogP) is 4.04. The smallest absolute Gasteiger partial charge is 0.258 e. The largest absolute Gasteiger partial charge is 0.322 e. The minimum Gasteiger partial charge on any atom is -0.322 e. The van der Waals surface area contributed by atoms with Gasteiger partial charge in [0, 0.05) is 10.7 Å². The van der Waals surface area contributed by atoms with Crippen molar-refractivity contribution in [3.05, 3.63) is 64.4 Å². The lowest BCUT2D eigenvalue weighted by atomic mass is 10.1. The molecule has 0 fully saturated rings. The van der Waals surface area contributed by atoms with E-state index < -0.39 is 11.7 Å². The number of hydrogen-bond acceptors (Lipinski definition) is 1. The Labute approximate surface area is 109 Å². The van der Waals surface area contributed by atoms with Crippen LogP contribution < -0.4 is 5.32 Å². The maximum atomic E-state index is 13.4. The molecule has 0 aliphatic carbocycles. The van der Waals surface area contributed by atoms with Crippen molar-refractivity contribution in [2.75, 3.05) is 5.32 Å². The summed E-state index contributed by atoms with van der Waals surface area (Å²) in [6, 6.07) is 11.0. The fraction of sp³-hybridized carbons (Fsp3) is 0.0714. The Kier molecular flexibility index (Phi) is 3.63. The molecule has 0 saturated heterocycles. The number of rotatable bonds is 2. The predicted molar refractivity (Wildman–Crippen MR) is 70.5 cm³/mol. The highest BCUT2D eigenvalue weighted by molar-refractivity contribution is 6.31. The summed E-state index contributed by atoms with van der Waals surface area (Å²) in [4.78, 5) is 11.9. The van der Waals surface area contributed by atoms with Crippen LogP contribution in [-0.2, 0) is 0 Å². The van der Waals surface area contributed by atoms with Crippen LogP contribution in [0.3, 0.4) is 0 Å². The molecule has 92 valence electrons. The molecule has 0 aromatic heterocycles. The Hall–Kier alpha value is -1.87. The summed E-state index contributed by atoms with van der Waals surface area (Å²) in [5, 5.41) is 3.16. The molecule has 0 radical (unpaired) electrons. The molecule has 0 atom stereocenters. The van der Waals surface area contributed by atoms with Gasteiger partial charge in [0.2, 0.25) is 0 Å². The monoisotopic (exact) mass is 263 g/mol. The minimum atomic E-state index is -0.547. The van der Waals surface area contributed by atoms with Gasteiger partial charge in [0.15, 0.2) is 0 Å². The van der Waals surface area contributed by atoms with Gasteiger partial charge in [-0.25, -0.2) is 4.39 Å². The van der Waals surface area contributed by atoms with Crippen molar-refractivity contribution in [3.8, 4) is 0 Å². The van der Waals surface area contributed by atoms with Crippen molar-refractivity contribution in [1.29, 1.82) is 0 Å². The van der Waals surface area contributed by atoms with Crippen molar-refractivity contribution in [3.63, 3.8) is 0 Å². The third-order valence-electron chi connectivity index (χ3n) is 2.57. The van der Waals surface area contributed by atoms with Gasteiger partial charge in [0.1, 0.15) is 5.82 Å². The normalized spacial score (nSPS) is 10.2. The van der Waals surface area contributed by atoms with Crippen LogP contribution in [0.4, 0.5) is 10.1 Å². The van der Waals surface area contributed by atoms with E-state index in [2.05, 4.69) is 5.32 Å². The molecule has 0 spiro atoms. The summed E-state index contributed by atoms with van der Waals surface area (Å²) >= 11 is 5.85. The van der Waals surface area contributed by atoms with Crippen LogP contribution in [0.15, 0.2) is 42.5 Å². The Morgan fingerprint density at radius 3 is 2.67 bits per heavy atom. The van der Waals surface area contributed by atoms with Crippen LogP contribution in [0.5, 0.6) is 0 Å². The van der Waals surface area contributed by atoms with E-state index in [1.165, 1.54) is 18.2 Å². The number of carbonyl (C=O) groups is 1. The van der Waals surface area contributed by atoms with Gasteiger partial charge in [0.25, 0.3) is 5.91 Å². The van der Waals surface area contributed by atoms with E-state index in [0.29, 0.717) is 10.7 Å². The first-order valence-corrected chi connectivity index (χ1v) is 5.78. The van der Waals surface area contributed by atoms with Gasteiger partial charge < -0.3 is 5.32 Å². The zero-order valence-corrected chi connectivity index (χ0v) is 10.5. The maximum Gasteiger partial charge on any atom is 0.258 e. The minimum absolute atomic E-state index is 0.0110. The Balaban J connectivity index is 2.27. The SMILES string of the molecule is Cc1ccc(Cl)cc1NC(=O)c1ccccc1F. The van der Waals surface area contributed by atoms with E-state index in [1.54, 1.807) is 24.3 Å². The number of nitrogens with one attached hydrogen (secondary N) is 1. The number of anilines is 1. The fourth-order valence-electron chi connectivity index (χ4n) is 1.56. The standard InChI is InChI=1S/C14H11ClFNO/c1-9-6-7-10(15)8-13(9)17-14(18)11-4-2-3-5-12(11)16/h2-8H,1H3,(H,17,18). The van der Waals surface area contributed by atoms with E-state index >= 15 is 0 Å². The molecular weight excluding hydrogens is 253 g/mol. The quantitative estimate of drug-likeness (QED) is 0.870. The molecule has 1 amide bonds. The highest BCUT2D eigenvalue weighted by atomic mass is 35.5. The summed E-state index contributed by atoms with van der Waals surface area (Å²) < 4.78 is 13.4. The van der Waals surface area contributed by atoms with Crippen molar-refractivity contribution < 1.29 is 9.18 Å². The van der Waals surface area contributed by atoms with Gasteiger partial charge in [-0.2, -0.15) is 0 Å². The van der Waals surface area contributed by atoms with Crippen molar-refractivity contribution in [2.24, 2.45) is 0 Å². The van der Waals surface area contributed by atoms with Crippen LogP contribution >= 0.6 is 11.6 Å². The first-order chi connectivity index (χ1) is 8.58.